The fourth-order valence-electron chi connectivity index (χ4n) is 5.89. The number of ketones is 2. The number of likely N-dealkylation sites (tertiary alicyclic amines) is 1. The highest BCUT2D eigenvalue weighted by Crippen LogP contribution is 2.36. The van der Waals surface area contributed by atoms with Crippen molar-refractivity contribution in [2.45, 2.75) is 51.7 Å². The minimum Gasteiger partial charge on any atom is -0.468 e. The molecule has 2 N–H and O–H groups in total. The Labute approximate surface area is 211 Å². The summed E-state index contributed by atoms with van der Waals surface area (Å²) >= 11 is 0. The Morgan fingerprint density at radius 2 is 1.81 bits per heavy atom. The van der Waals surface area contributed by atoms with Crippen LogP contribution in [-0.4, -0.2) is 54.0 Å². The molecule has 0 spiro atoms. The summed E-state index contributed by atoms with van der Waals surface area (Å²) in [6.45, 7) is 7.21. The van der Waals surface area contributed by atoms with Crippen molar-refractivity contribution in [1.29, 1.82) is 0 Å². The van der Waals surface area contributed by atoms with E-state index in [0.29, 0.717) is 39.7 Å². The number of carbonyl (C=O) groups excluding carboxylic acids is 2. The van der Waals surface area contributed by atoms with Crippen LogP contribution in [-0.2, 0) is 0 Å². The first kappa shape index (κ1) is 22.9. The third-order valence-electron chi connectivity index (χ3n) is 7.89. The van der Waals surface area contributed by atoms with Crippen molar-refractivity contribution >= 4 is 23.0 Å². The van der Waals surface area contributed by atoms with Crippen molar-refractivity contribution in [2.75, 3.05) is 19.6 Å². The van der Waals surface area contributed by atoms with Crippen LogP contribution in [0.4, 0.5) is 5.69 Å². The predicted molar refractivity (Wildman–Crippen MR) is 139 cm³/mol. The number of carbonyl (C=O) groups is 2. The molecule has 2 heterocycles. The monoisotopic (exact) mass is 482 g/mol. The molecule has 36 heavy (non-hydrogen) atoms. The Morgan fingerprint density at radius 1 is 1.03 bits per heavy atom. The quantitative estimate of drug-likeness (QED) is 0.641. The van der Waals surface area contributed by atoms with Gasteiger partial charge in [-0.15, -0.1) is 0 Å². The summed E-state index contributed by atoms with van der Waals surface area (Å²) in [5.41, 5.74) is 4.99. The maximum atomic E-state index is 13.8. The average Bonchev–Trinajstić information content (AvgIpc) is 2.89. The molecule has 1 unspecified atom stereocenters. The van der Waals surface area contributed by atoms with E-state index in [2.05, 4.69) is 22.1 Å². The molecule has 1 saturated heterocycles. The van der Waals surface area contributed by atoms with Crippen molar-refractivity contribution in [3.05, 3.63) is 82.1 Å². The lowest BCUT2D eigenvalue weighted by molar-refractivity contribution is -0.363. The Balaban J connectivity index is 1.34. The van der Waals surface area contributed by atoms with Crippen LogP contribution in [0.5, 0.6) is 5.75 Å². The topological polar surface area (TPSA) is 72.6 Å². The van der Waals surface area contributed by atoms with Crippen LogP contribution in [0, 0.1) is 6.92 Å². The molecule has 0 bridgehead atoms. The fraction of sp³-hybridized carbons (Fsp3) is 0.367. The highest BCUT2D eigenvalue weighted by Gasteiger charge is 2.46. The first-order valence-corrected chi connectivity index (χ1v) is 13.1. The number of nitrogens with one attached hydrogen (secondary N) is 2. The molecular formula is C30H32N3O3+. The number of para-hydroxylation sites is 1. The summed E-state index contributed by atoms with van der Waals surface area (Å²) in [6, 6.07) is 13.6. The number of hydrogen-bond donors (Lipinski definition) is 2. The van der Waals surface area contributed by atoms with Gasteiger partial charge in [-0.1, -0.05) is 42.8 Å². The minimum atomic E-state index is -0.468. The van der Waals surface area contributed by atoms with E-state index in [4.69, 9.17) is 4.74 Å². The summed E-state index contributed by atoms with van der Waals surface area (Å²) in [5.74, 6) is 0.493. The Morgan fingerprint density at radius 3 is 2.58 bits per heavy atom. The lowest BCUT2D eigenvalue weighted by Crippen LogP contribution is -2.74. The first-order valence-electron chi connectivity index (χ1n) is 13.1. The highest BCUT2D eigenvalue weighted by atomic mass is 16.5. The zero-order valence-corrected chi connectivity index (χ0v) is 20.9. The summed E-state index contributed by atoms with van der Waals surface area (Å²) in [6.07, 6.45) is 6.29. The Kier molecular flexibility index (Phi) is 5.84. The molecule has 2 aromatic rings. The summed E-state index contributed by atoms with van der Waals surface area (Å²) in [7, 11) is 0. The molecule has 184 valence electrons. The lowest BCUT2D eigenvalue weighted by Gasteiger charge is -2.33. The molecule has 0 aromatic heterocycles. The largest absolute Gasteiger partial charge is 0.468 e. The van der Waals surface area contributed by atoms with Crippen molar-refractivity contribution < 1.29 is 19.3 Å². The van der Waals surface area contributed by atoms with Gasteiger partial charge in [0.1, 0.15) is 5.57 Å². The van der Waals surface area contributed by atoms with Gasteiger partial charge in [0.05, 0.1) is 5.57 Å². The van der Waals surface area contributed by atoms with Crippen LogP contribution in [0.2, 0.25) is 0 Å². The van der Waals surface area contributed by atoms with Crippen molar-refractivity contribution in [2.24, 2.45) is 0 Å². The Bertz CT molecular complexity index is 1350. The maximum Gasteiger partial charge on any atom is 0.249 e. The SMILES string of the molecule is Cc1cccc2c1[NH+]=C1C3=C(C(=O)c4ccccc4C3=O)C(NCCCN3CCCC[C@H]3C)=CC1O2. The number of allylic oxidation sites excluding steroid dienone is 1. The molecule has 0 amide bonds. The standard InChI is InChI=1S/C30H31N3O3/c1-18-9-7-13-23-27(18)32-28-24(36-23)17-22(31-14-8-16-33-15-6-5-10-19(33)2)25-26(28)30(35)21-12-4-3-11-20(21)29(25)34/h3-4,7,9,11-13,17,19,24,31H,5-6,8,10,14-16H2,1-2H3/p+1/t19-,24?/m1/s1. The molecule has 2 atom stereocenters. The minimum absolute atomic E-state index is 0.119. The zero-order chi connectivity index (χ0) is 24.8. The number of hydrogen-bond acceptors (Lipinski definition) is 5. The van der Waals surface area contributed by atoms with Crippen molar-refractivity contribution in [3.63, 3.8) is 0 Å². The number of ether oxygens (including phenoxy) is 1. The van der Waals surface area contributed by atoms with Gasteiger partial charge in [-0.05, 0) is 51.8 Å². The van der Waals surface area contributed by atoms with Gasteiger partial charge >= 0.3 is 0 Å². The van der Waals surface area contributed by atoms with E-state index < -0.39 is 6.10 Å². The van der Waals surface area contributed by atoms with Gasteiger partial charge < -0.3 is 15.0 Å². The number of rotatable bonds is 5. The molecule has 2 aliphatic carbocycles. The maximum absolute atomic E-state index is 13.8. The number of benzene rings is 2. The van der Waals surface area contributed by atoms with E-state index in [9.17, 15) is 9.59 Å². The van der Waals surface area contributed by atoms with Gasteiger partial charge in [-0.3, -0.25) is 9.59 Å². The molecule has 6 rings (SSSR count). The second-order valence-electron chi connectivity index (χ2n) is 10.2. The molecule has 0 radical (unpaired) electrons. The molecule has 4 aliphatic rings. The van der Waals surface area contributed by atoms with E-state index in [1.54, 1.807) is 18.2 Å². The predicted octanol–water partition coefficient (Wildman–Crippen LogP) is 3.04. The highest BCUT2D eigenvalue weighted by molar-refractivity contribution is 6.39. The number of nitrogens with zero attached hydrogens (tertiary/aromatic N) is 1. The van der Waals surface area contributed by atoms with Crippen molar-refractivity contribution in [3.8, 4) is 5.75 Å². The van der Waals surface area contributed by atoms with E-state index >= 15 is 0 Å². The van der Waals surface area contributed by atoms with Crippen LogP contribution in [0.15, 0.2) is 65.4 Å². The zero-order valence-electron chi connectivity index (χ0n) is 20.9. The third kappa shape index (κ3) is 3.80. The number of piperidine rings is 1. The van der Waals surface area contributed by atoms with E-state index in [0.717, 1.165) is 43.1 Å². The normalized spacial score (nSPS) is 23.1. The summed E-state index contributed by atoms with van der Waals surface area (Å²) in [5, 5.41) is 3.51. The first-order chi connectivity index (χ1) is 17.5. The summed E-state index contributed by atoms with van der Waals surface area (Å²) < 4.78 is 6.36. The van der Waals surface area contributed by atoms with Crippen LogP contribution in [0.3, 0.4) is 0 Å². The van der Waals surface area contributed by atoms with Gasteiger partial charge in [-0.25, -0.2) is 4.99 Å². The molecule has 6 nitrogen and oxygen atoms in total. The molecule has 2 aromatic carbocycles. The van der Waals surface area contributed by atoms with Gasteiger partial charge in [-0.2, -0.15) is 0 Å². The van der Waals surface area contributed by atoms with Crippen LogP contribution in [0.1, 0.15) is 58.9 Å². The van der Waals surface area contributed by atoms with Gasteiger partial charge in [0.25, 0.3) is 0 Å². The van der Waals surface area contributed by atoms with E-state index in [1.165, 1.54) is 19.3 Å². The number of fused-ring (bicyclic) bond motifs is 4. The Hall–Kier alpha value is -3.51. The van der Waals surface area contributed by atoms with Crippen LogP contribution < -0.4 is 15.0 Å². The van der Waals surface area contributed by atoms with Gasteiger partial charge in [0.2, 0.25) is 23.3 Å². The molecule has 6 heteroatoms. The fourth-order valence-corrected chi connectivity index (χ4v) is 5.89. The summed E-state index contributed by atoms with van der Waals surface area (Å²) in [4.78, 5) is 33.5. The smallest absolute Gasteiger partial charge is 0.249 e. The molecule has 1 fully saturated rings. The molecule has 2 aliphatic heterocycles. The lowest BCUT2D eigenvalue weighted by atomic mass is 9.76. The molecular weight excluding hydrogens is 450 g/mol. The second-order valence-corrected chi connectivity index (χ2v) is 10.2. The van der Waals surface area contributed by atoms with Crippen LogP contribution in [0.25, 0.3) is 0 Å². The van der Waals surface area contributed by atoms with Crippen molar-refractivity contribution in [1.82, 2.24) is 10.2 Å². The third-order valence-corrected chi connectivity index (χ3v) is 7.89. The number of Topliss-reactive ketones (excluding diaryl/α,β-unsaturated/α-hetero) is 2. The molecule has 0 saturated carbocycles. The second kappa shape index (κ2) is 9.17. The van der Waals surface area contributed by atoms with E-state index in [-0.39, 0.29) is 11.6 Å². The van der Waals surface area contributed by atoms with E-state index in [1.807, 2.05) is 37.3 Å². The number of aryl methyl sites for hydroxylation is 1. The average molecular weight is 483 g/mol. The van der Waals surface area contributed by atoms with Gasteiger partial charge in [0, 0.05) is 41.5 Å². The van der Waals surface area contributed by atoms with Gasteiger partial charge in [0.15, 0.2) is 11.5 Å². The van der Waals surface area contributed by atoms with Crippen LogP contribution >= 0.6 is 0 Å².